The normalized spacial score (nSPS) is 18.4. The van der Waals surface area contributed by atoms with Crippen molar-refractivity contribution in [3.05, 3.63) is 35.4 Å². The van der Waals surface area contributed by atoms with E-state index in [4.69, 9.17) is 4.74 Å². The zero-order valence-electron chi connectivity index (χ0n) is 17.7. The van der Waals surface area contributed by atoms with Crippen LogP contribution in [0.2, 0.25) is 0 Å². The van der Waals surface area contributed by atoms with E-state index in [1.165, 1.54) is 56.1 Å². The molecule has 0 radical (unpaired) electrons. The Balaban J connectivity index is 1.95. The molecule has 1 aliphatic heterocycles. The Hall–Kier alpha value is -1.15. The molecule has 1 aromatic rings. The molecule has 0 spiro atoms. The number of carbonyl (C=O) groups excluding carboxylic acids is 1. The molecule has 1 aromatic carbocycles. The number of rotatable bonds is 13. The molecule has 1 saturated heterocycles. The van der Waals surface area contributed by atoms with Crippen LogP contribution in [-0.4, -0.2) is 18.5 Å². The largest absolute Gasteiger partial charge is 0.378 e. The summed E-state index contributed by atoms with van der Waals surface area (Å²) in [5, 5.41) is 0. The van der Waals surface area contributed by atoms with E-state index in [1.807, 2.05) is 0 Å². The van der Waals surface area contributed by atoms with Gasteiger partial charge < -0.3 is 4.74 Å². The van der Waals surface area contributed by atoms with Crippen LogP contribution >= 0.6 is 0 Å². The Morgan fingerprint density at radius 2 is 1.74 bits per heavy atom. The van der Waals surface area contributed by atoms with E-state index in [1.54, 1.807) is 0 Å². The van der Waals surface area contributed by atoms with Crippen LogP contribution in [0, 0.1) is 0 Å². The minimum atomic E-state index is 0.0521. The van der Waals surface area contributed by atoms with Gasteiger partial charge in [0.1, 0.15) is 5.78 Å². The van der Waals surface area contributed by atoms with Gasteiger partial charge in [0.05, 0.1) is 6.10 Å². The highest BCUT2D eigenvalue weighted by Gasteiger charge is 2.25. The summed E-state index contributed by atoms with van der Waals surface area (Å²) in [6.45, 7) is 5.30. The number of ether oxygens (including phenoxy) is 1. The summed E-state index contributed by atoms with van der Waals surface area (Å²) in [5.41, 5.74) is 2.62. The lowest BCUT2D eigenvalue weighted by Gasteiger charge is -2.24. The Kier molecular flexibility index (Phi) is 10.7. The summed E-state index contributed by atoms with van der Waals surface area (Å²) in [6, 6.07) is 8.92. The molecule has 152 valence electrons. The molecule has 2 unspecified atom stereocenters. The number of benzene rings is 1. The third-order valence-electron chi connectivity index (χ3n) is 5.89. The maximum absolute atomic E-state index is 13.1. The number of Topliss-reactive ketones (excluding diaryl/α,β-unsaturated/α-hetero) is 1. The molecule has 1 fully saturated rings. The minimum absolute atomic E-state index is 0.0521. The molecule has 0 N–H and O–H groups in total. The average molecular weight is 373 g/mol. The van der Waals surface area contributed by atoms with Gasteiger partial charge in [0.2, 0.25) is 0 Å². The second-order valence-corrected chi connectivity index (χ2v) is 8.26. The van der Waals surface area contributed by atoms with Crippen molar-refractivity contribution in [3.63, 3.8) is 0 Å². The van der Waals surface area contributed by atoms with Crippen molar-refractivity contribution in [2.75, 3.05) is 6.61 Å². The molecule has 0 bridgehead atoms. The molecule has 1 aliphatic rings. The van der Waals surface area contributed by atoms with Crippen molar-refractivity contribution >= 4 is 5.78 Å². The third kappa shape index (κ3) is 8.17. The predicted octanol–water partition coefficient (Wildman–Crippen LogP) is 7.00. The van der Waals surface area contributed by atoms with Crippen LogP contribution in [0.4, 0.5) is 0 Å². The topological polar surface area (TPSA) is 26.3 Å². The predicted molar refractivity (Wildman–Crippen MR) is 114 cm³/mol. The van der Waals surface area contributed by atoms with Crippen LogP contribution in [0.25, 0.3) is 0 Å². The first-order chi connectivity index (χ1) is 13.2. The Bertz CT molecular complexity index is 514. The molecule has 0 saturated carbocycles. The van der Waals surface area contributed by atoms with Gasteiger partial charge in [0.25, 0.3) is 0 Å². The number of hydrogen-bond acceptors (Lipinski definition) is 2. The van der Waals surface area contributed by atoms with E-state index in [0.29, 0.717) is 12.2 Å². The molecule has 0 aliphatic carbocycles. The van der Waals surface area contributed by atoms with Crippen molar-refractivity contribution < 1.29 is 9.53 Å². The Labute approximate surface area is 167 Å². The maximum Gasteiger partial charge on any atom is 0.142 e. The zero-order valence-corrected chi connectivity index (χ0v) is 17.7. The zero-order chi connectivity index (χ0) is 19.3. The number of carbonyl (C=O) groups is 1. The van der Waals surface area contributed by atoms with E-state index >= 15 is 0 Å². The molecule has 2 heteroatoms. The smallest absolute Gasteiger partial charge is 0.142 e. The number of ketones is 1. The fourth-order valence-corrected chi connectivity index (χ4v) is 4.12. The molecule has 2 rings (SSSR count). The molecular formula is C25H40O2. The number of unbranched alkanes of at least 4 members (excludes halogenated alkanes) is 5. The van der Waals surface area contributed by atoms with Gasteiger partial charge in [-0.25, -0.2) is 0 Å². The quantitative estimate of drug-likeness (QED) is 0.348. The molecule has 2 atom stereocenters. The standard InChI is InChI=1S/C25H40O2/c1-3-5-7-9-12-21-15-17-22(18-16-21)24(14-8-6-4-2)25(26)20-23-13-10-11-19-27-23/h15-18,23-24H,3-14,19-20H2,1-2H3. The van der Waals surface area contributed by atoms with E-state index in [9.17, 15) is 4.79 Å². The first-order valence-corrected chi connectivity index (χ1v) is 11.5. The van der Waals surface area contributed by atoms with Crippen LogP contribution in [0.1, 0.15) is 108 Å². The summed E-state index contributed by atoms with van der Waals surface area (Å²) >= 11 is 0. The summed E-state index contributed by atoms with van der Waals surface area (Å²) in [5.74, 6) is 0.435. The number of aryl methyl sites for hydroxylation is 1. The van der Waals surface area contributed by atoms with Crippen LogP contribution in [0.5, 0.6) is 0 Å². The number of hydrogen-bond donors (Lipinski definition) is 0. The van der Waals surface area contributed by atoms with Crippen LogP contribution in [-0.2, 0) is 16.0 Å². The van der Waals surface area contributed by atoms with Gasteiger partial charge in [-0.15, -0.1) is 0 Å². The lowest BCUT2D eigenvalue weighted by molar-refractivity contribution is -0.124. The first kappa shape index (κ1) is 22.1. The molecular weight excluding hydrogens is 332 g/mol. The highest BCUT2D eigenvalue weighted by atomic mass is 16.5. The second kappa shape index (κ2) is 13.1. The van der Waals surface area contributed by atoms with Gasteiger partial charge in [-0.2, -0.15) is 0 Å². The lowest BCUT2D eigenvalue weighted by Crippen LogP contribution is -2.25. The Morgan fingerprint density at radius 1 is 1.00 bits per heavy atom. The first-order valence-electron chi connectivity index (χ1n) is 11.5. The van der Waals surface area contributed by atoms with Gasteiger partial charge in [0, 0.05) is 18.9 Å². The van der Waals surface area contributed by atoms with Crippen molar-refractivity contribution in [1.29, 1.82) is 0 Å². The van der Waals surface area contributed by atoms with Gasteiger partial charge in [-0.1, -0.05) is 76.6 Å². The van der Waals surface area contributed by atoms with Crippen molar-refractivity contribution in [2.45, 2.75) is 109 Å². The summed E-state index contributed by atoms with van der Waals surface area (Å²) in [6.07, 6.45) is 15.0. The van der Waals surface area contributed by atoms with Crippen molar-refractivity contribution in [2.24, 2.45) is 0 Å². The monoisotopic (exact) mass is 372 g/mol. The molecule has 27 heavy (non-hydrogen) atoms. The van der Waals surface area contributed by atoms with Crippen LogP contribution in [0.15, 0.2) is 24.3 Å². The molecule has 0 aromatic heterocycles. The van der Waals surface area contributed by atoms with Gasteiger partial charge in [0.15, 0.2) is 0 Å². The fraction of sp³-hybridized carbons (Fsp3) is 0.720. The summed E-state index contributed by atoms with van der Waals surface area (Å²) in [4.78, 5) is 13.1. The van der Waals surface area contributed by atoms with Gasteiger partial charge >= 0.3 is 0 Å². The summed E-state index contributed by atoms with van der Waals surface area (Å²) < 4.78 is 5.82. The van der Waals surface area contributed by atoms with E-state index < -0.39 is 0 Å². The fourth-order valence-electron chi connectivity index (χ4n) is 4.12. The molecule has 0 amide bonds. The van der Waals surface area contributed by atoms with Crippen LogP contribution in [0.3, 0.4) is 0 Å². The average Bonchev–Trinajstić information content (AvgIpc) is 2.70. The SMILES string of the molecule is CCCCCCc1ccc(C(CCCCC)C(=O)CC2CCCCO2)cc1. The lowest BCUT2D eigenvalue weighted by atomic mass is 9.86. The Morgan fingerprint density at radius 3 is 2.41 bits per heavy atom. The highest BCUT2D eigenvalue weighted by molar-refractivity contribution is 5.86. The second-order valence-electron chi connectivity index (χ2n) is 8.26. The van der Waals surface area contributed by atoms with E-state index in [2.05, 4.69) is 38.1 Å². The van der Waals surface area contributed by atoms with E-state index in [0.717, 1.165) is 38.7 Å². The van der Waals surface area contributed by atoms with Crippen molar-refractivity contribution in [1.82, 2.24) is 0 Å². The van der Waals surface area contributed by atoms with Gasteiger partial charge in [-0.05, 0) is 49.7 Å². The third-order valence-corrected chi connectivity index (χ3v) is 5.89. The van der Waals surface area contributed by atoms with E-state index in [-0.39, 0.29) is 12.0 Å². The molecule has 2 nitrogen and oxygen atoms in total. The summed E-state index contributed by atoms with van der Waals surface area (Å²) in [7, 11) is 0. The maximum atomic E-state index is 13.1. The van der Waals surface area contributed by atoms with Crippen molar-refractivity contribution in [3.8, 4) is 0 Å². The minimum Gasteiger partial charge on any atom is -0.378 e. The van der Waals surface area contributed by atoms with Crippen LogP contribution < -0.4 is 0 Å². The highest BCUT2D eigenvalue weighted by Crippen LogP contribution is 2.28. The van der Waals surface area contributed by atoms with Gasteiger partial charge in [-0.3, -0.25) is 4.79 Å². The molecule has 1 heterocycles.